The van der Waals surface area contributed by atoms with E-state index in [4.69, 9.17) is 9.84 Å². The van der Waals surface area contributed by atoms with Gasteiger partial charge >= 0.3 is 5.97 Å². The van der Waals surface area contributed by atoms with Crippen molar-refractivity contribution in [1.29, 1.82) is 0 Å². The molecule has 1 amide bonds. The maximum Gasteiger partial charge on any atom is 0.328 e. The Bertz CT molecular complexity index is 935. The molecule has 0 aliphatic rings. The molecule has 27 heavy (non-hydrogen) atoms. The molecule has 0 bridgehead atoms. The highest BCUT2D eigenvalue weighted by Gasteiger charge is 2.07. The third-order valence-corrected chi connectivity index (χ3v) is 3.46. The first-order chi connectivity index (χ1) is 13.1. The molecule has 1 aromatic heterocycles. The van der Waals surface area contributed by atoms with E-state index < -0.39 is 5.97 Å². The van der Waals surface area contributed by atoms with E-state index in [9.17, 15) is 9.59 Å². The number of carbonyl (C=O) groups excluding carboxylic acids is 1. The highest BCUT2D eigenvalue weighted by atomic mass is 16.5. The first-order valence-electron chi connectivity index (χ1n) is 7.88. The number of carboxylic acids is 1. The van der Waals surface area contributed by atoms with Crippen molar-refractivity contribution in [2.24, 2.45) is 0 Å². The molecule has 136 valence electrons. The number of nitrogens with one attached hydrogen (secondary N) is 2. The van der Waals surface area contributed by atoms with Crippen molar-refractivity contribution in [3.63, 3.8) is 0 Å². The number of hydrogen-bond donors (Lipinski definition) is 3. The molecule has 0 aliphatic heterocycles. The SMILES string of the molecule is O=C(O)C=Cc1ccc(NC(=O)c2ccc(OCc3nn[nH]n3)cc2)cc1. The van der Waals surface area contributed by atoms with E-state index in [0.29, 0.717) is 22.8 Å². The van der Waals surface area contributed by atoms with Gasteiger partial charge in [0.1, 0.15) is 5.75 Å². The van der Waals surface area contributed by atoms with Gasteiger partial charge in [-0.3, -0.25) is 4.79 Å². The van der Waals surface area contributed by atoms with Crippen molar-refractivity contribution in [3.05, 3.63) is 71.6 Å². The lowest BCUT2D eigenvalue weighted by molar-refractivity contribution is -0.131. The van der Waals surface area contributed by atoms with Gasteiger partial charge in [0.05, 0.1) is 0 Å². The largest absolute Gasteiger partial charge is 0.485 e. The third-order valence-electron chi connectivity index (χ3n) is 3.46. The van der Waals surface area contributed by atoms with Crippen molar-refractivity contribution >= 4 is 23.6 Å². The summed E-state index contributed by atoms with van der Waals surface area (Å²) in [6.07, 6.45) is 2.52. The lowest BCUT2D eigenvalue weighted by Crippen LogP contribution is -2.11. The van der Waals surface area contributed by atoms with Gasteiger partial charge in [-0.15, -0.1) is 10.2 Å². The summed E-state index contributed by atoms with van der Waals surface area (Å²) in [5.41, 5.74) is 1.79. The maximum absolute atomic E-state index is 12.3. The van der Waals surface area contributed by atoms with Crippen LogP contribution in [0.25, 0.3) is 6.08 Å². The van der Waals surface area contributed by atoms with Crippen LogP contribution < -0.4 is 10.1 Å². The van der Waals surface area contributed by atoms with Gasteiger partial charge in [0.25, 0.3) is 5.91 Å². The highest BCUT2D eigenvalue weighted by Crippen LogP contribution is 2.16. The normalized spacial score (nSPS) is 10.7. The second kappa shape index (κ2) is 8.39. The van der Waals surface area contributed by atoms with Crippen LogP contribution in [0.15, 0.2) is 54.6 Å². The molecule has 0 radical (unpaired) electrons. The maximum atomic E-state index is 12.3. The van der Waals surface area contributed by atoms with E-state index in [0.717, 1.165) is 11.6 Å². The Morgan fingerprint density at radius 3 is 2.48 bits per heavy atom. The zero-order chi connectivity index (χ0) is 19.1. The smallest absolute Gasteiger partial charge is 0.328 e. The fourth-order valence-corrected chi connectivity index (χ4v) is 2.14. The van der Waals surface area contributed by atoms with Crippen LogP contribution in [-0.4, -0.2) is 37.6 Å². The number of ether oxygens (including phenoxy) is 1. The van der Waals surface area contributed by atoms with Crippen molar-refractivity contribution in [1.82, 2.24) is 20.6 Å². The number of benzene rings is 2. The molecule has 0 saturated heterocycles. The fourth-order valence-electron chi connectivity index (χ4n) is 2.14. The predicted octanol–water partition coefficient (Wildman–Crippen LogP) is 2.13. The van der Waals surface area contributed by atoms with E-state index in [1.165, 1.54) is 6.08 Å². The number of amides is 1. The molecule has 0 fully saturated rings. The van der Waals surface area contributed by atoms with Crippen LogP contribution in [0.3, 0.4) is 0 Å². The van der Waals surface area contributed by atoms with Gasteiger partial charge in [-0.05, 0) is 48.0 Å². The number of carboxylic acid groups (broad SMARTS) is 1. The van der Waals surface area contributed by atoms with Gasteiger partial charge in [0.2, 0.25) is 5.82 Å². The average Bonchev–Trinajstić information content (AvgIpc) is 3.20. The molecule has 9 nitrogen and oxygen atoms in total. The Balaban J connectivity index is 1.56. The van der Waals surface area contributed by atoms with Crippen LogP contribution in [0.5, 0.6) is 5.75 Å². The van der Waals surface area contributed by atoms with E-state index in [2.05, 4.69) is 25.9 Å². The summed E-state index contributed by atoms with van der Waals surface area (Å²) in [6.45, 7) is 0.171. The summed E-state index contributed by atoms with van der Waals surface area (Å²) in [5, 5.41) is 24.7. The standard InChI is InChI=1S/C18H15N5O4/c24-17(25)10-3-12-1-6-14(7-2-12)19-18(26)13-4-8-15(9-5-13)27-11-16-20-22-23-21-16/h1-10H,11H2,(H,19,26)(H,24,25)(H,20,21,22,23). The van der Waals surface area contributed by atoms with E-state index in [1.54, 1.807) is 48.5 Å². The molecule has 0 spiro atoms. The van der Waals surface area contributed by atoms with Gasteiger partial charge in [0, 0.05) is 17.3 Å². The molecule has 3 aromatic rings. The minimum absolute atomic E-state index is 0.171. The predicted molar refractivity (Wildman–Crippen MR) is 96.0 cm³/mol. The Morgan fingerprint density at radius 1 is 1.11 bits per heavy atom. The minimum Gasteiger partial charge on any atom is -0.485 e. The summed E-state index contributed by atoms with van der Waals surface area (Å²) in [4.78, 5) is 22.8. The van der Waals surface area contributed by atoms with Crippen LogP contribution in [0.2, 0.25) is 0 Å². The number of carbonyl (C=O) groups is 2. The summed E-state index contributed by atoms with van der Waals surface area (Å²) < 4.78 is 5.49. The molecule has 3 N–H and O–H groups in total. The molecule has 0 saturated carbocycles. The first-order valence-corrected chi connectivity index (χ1v) is 7.88. The number of aromatic amines is 1. The summed E-state index contributed by atoms with van der Waals surface area (Å²) in [5.74, 6) is -0.282. The number of hydrogen-bond acceptors (Lipinski definition) is 6. The quantitative estimate of drug-likeness (QED) is 0.547. The summed E-state index contributed by atoms with van der Waals surface area (Å²) in [6, 6.07) is 13.5. The minimum atomic E-state index is -1.02. The van der Waals surface area contributed by atoms with Crippen LogP contribution in [0.1, 0.15) is 21.7 Å². The second-order valence-electron chi connectivity index (χ2n) is 5.39. The van der Waals surface area contributed by atoms with Crippen LogP contribution in [-0.2, 0) is 11.4 Å². The fraction of sp³-hybridized carbons (Fsp3) is 0.0556. The van der Waals surface area contributed by atoms with Crippen LogP contribution in [0.4, 0.5) is 5.69 Å². The third kappa shape index (κ3) is 5.23. The molecule has 2 aromatic carbocycles. The van der Waals surface area contributed by atoms with Gasteiger partial charge in [-0.25, -0.2) is 4.79 Å². The number of aromatic nitrogens is 4. The Morgan fingerprint density at radius 2 is 1.85 bits per heavy atom. The molecule has 0 unspecified atom stereocenters. The zero-order valence-corrected chi connectivity index (χ0v) is 14.0. The summed E-state index contributed by atoms with van der Waals surface area (Å²) >= 11 is 0. The molecule has 1 heterocycles. The van der Waals surface area contributed by atoms with Gasteiger partial charge in [0.15, 0.2) is 6.61 Å². The molecule has 9 heteroatoms. The number of anilines is 1. The first kappa shape index (κ1) is 17.8. The van der Waals surface area contributed by atoms with Gasteiger partial charge < -0.3 is 15.2 Å². The van der Waals surface area contributed by atoms with Crippen molar-refractivity contribution in [2.75, 3.05) is 5.32 Å². The Labute approximate surface area is 153 Å². The molecular formula is C18H15N5O4. The topological polar surface area (TPSA) is 130 Å². The van der Waals surface area contributed by atoms with Crippen molar-refractivity contribution in [2.45, 2.75) is 6.61 Å². The number of rotatable bonds is 7. The Kier molecular flexibility index (Phi) is 5.53. The number of H-pyrrole nitrogens is 1. The molecule has 0 atom stereocenters. The monoisotopic (exact) mass is 365 g/mol. The molecule has 0 aliphatic carbocycles. The lowest BCUT2D eigenvalue weighted by Gasteiger charge is -2.07. The summed E-state index contributed by atoms with van der Waals surface area (Å²) in [7, 11) is 0. The lowest BCUT2D eigenvalue weighted by atomic mass is 10.1. The van der Waals surface area contributed by atoms with Crippen molar-refractivity contribution < 1.29 is 19.4 Å². The van der Waals surface area contributed by atoms with Gasteiger partial charge in [-0.1, -0.05) is 17.3 Å². The van der Waals surface area contributed by atoms with Crippen LogP contribution in [0, 0.1) is 0 Å². The van der Waals surface area contributed by atoms with Crippen molar-refractivity contribution in [3.8, 4) is 5.75 Å². The average molecular weight is 365 g/mol. The van der Waals surface area contributed by atoms with E-state index in [1.807, 2.05) is 0 Å². The Hall–Kier alpha value is -4.01. The van der Waals surface area contributed by atoms with E-state index in [-0.39, 0.29) is 12.5 Å². The number of nitrogens with zero attached hydrogens (tertiary/aromatic N) is 3. The zero-order valence-electron chi connectivity index (χ0n) is 14.0. The number of tetrazole rings is 1. The van der Waals surface area contributed by atoms with Crippen LogP contribution >= 0.6 is 0 Å². The second-order valence-corrected chi connectivity index (χ2v) is 5.39. The number of aliphatic carboxylic acids is 1. The van der Waals surface area contributed by atoms with E-state index >= 15 is 0 Å². The molecular weight excluding hydrogens is 350 g/mol. The molecule has 3 rings (SSSR count). The van der Waals surface area contributed by atoms with Gasteiger partial charge in [-0.2, -0.15) is 5.21 Å². The highest BCUT2D eigenvalue weighted by molar-refractivity contribution is 6.04.